The molecule has 0 saturated carbocycles. The minimum Gasteiger partial charge on any atom is -0.496 e. The lowest BCUT2D eigenvalue weighted by atomic mass is 9.91. The molecule has 2 atom stereocenters. The third-order valence-electron chi connectivity index (χ3n) is 4.61. The number of carbonyl (C=O) groups is 1. The molecular formula is C17H15NO2. The molecule has 2 N–H and O–H groups in total. The summed E-state index contributed by atoms with van der Waals surface area (Å²) in [5.41, 5.74) is 11.0. The number of nitrogen functional groups attached to an aromatic ring is 1. The second-order valence-electron chi connectivity index (χ2n) is 5.49. The summed E-state index contributed by atoms with van der Waals surface area (Å²) in [6.07, 6.45) is 0.719. The largest absolute Gasteiger partial charge is 0.496 e. The molecule has 0 saturated heterocycles. The molecule has 100 valence electrons. The summed E-state index contributed by atoms with van der Waals surface area (Å²) in [4.78, 5) is 12.6. The van der Waals surface area contributed by atoms with Crippen molar-refractivity contribution in [3.05, 3.63) is 58.7 Å². The Morgan fingerprint density at radius 2 is 2.00 bits per heavy atom. The fourth-order valence-corrected chi connectivity index (χ4v) is 3.75. The molecule has 0 bridgehead atoms. The normalized spacial score (nSPS) is 22.4. The molecule has 3 heteroatoms. The molecule has 2 unspecified atom stereocenters. The van der Waals surface area contributed by atoms with Gasteiger partial charge in [0.15, 0.2) is 5.78 Å². The van der Waals surface area contributed by atoms with Crippen LogP contribution in [0.15, 0.2) is 36.4 Å². The monoisotopic (exact) mass is 265 g/mol. The summed E-state index contributed by atoms with van der Waals surface area (Å²) in [5.74, 6) is 1.17. The smallest absolute Gasteiger partial charge is 0.167 e. The van der Waals surface area contributed by atoms with Crippen molar-refractivity contribution in [2.45, 2.75) is 12.3 Å². The minimum absolute atomic E-state index is 0.0130. The Labute approximate surface area is 117 Å². The minimum atomic E-state index is -0.0130. The van der Waals surface area contributed by atoms with Gasteiger partial charge in [0.2, 0.25) is 0 Å². The molecule has 0 aliphatic heterocycles. The summed E-state index contributed by atoms with van der Waals surface area (Å²) in [5, 5.41) is 0. The summed E-state index contributed by atoms with van der Waals surface area (Å²) >= 11 is 0. The van der Waals surface area contributed by atoms with E-state index in [1.165, 1.54) is 0 Å². The van der Waals surface area contributed by atoms with E-state index >= 15 is 0 Å². The zero-order chi connectivity index (χ0) is 13.9. The molecule has 2 aliphatic carbocycles. The lowest BCUT2D eigenvalue weighted by Gasteiger charge is -2.15. The van der Waals surface area contributed by atoms with E-state index in [0.29, 0.717) is 0 Å². The van der Waals surface area contributed by atoms with Crippen molar-refractivity contribution < 1.29 is 9.53 Å². The fourth-order valence-electron chi connectivity index (χ4n) is 3.75. The van der Waals surface area contributed by atoms with Gasteiger partial charge in [0.25, 0.3) is 0 Å². The van der Waals surface area contributed by atoms with Gasteiger partial charge in [0.1, 0.15) is 5.75 Å². The van der Waals surface area contributed by atoms with Crippen molar-refractivity contribution in [3.8, 4) is 5.75 Å². The maximum Gasteiger partial charge on any atom is 0.167 e. The van der Waals surface area contributed by atoms with Gasteiger partial charge in [-0.25, -0.2) is 0 Å². The maximum absolute atomic E-state index is 12.6. The van der Waals surface area contributed by atoms with Crippen molar-refractivity contribution in [3.63, 3.8) is 0 Å². The first-order valence-corrected chi connectivity index (χ1v) is 6.80. The lowest BCUT2D eigenvalue weighted by Crippen LogP contribution is -2.10. The number of anilines is 1. The van der Waals surface area contributed by atoms with Crippen LogP contribution in [0.4, 0.5) is 5.69 Å². The highest BCUT2D eigenvalue weighted by Gasteiger charge is 2.47. The van der Waals surface area contributed by atoms with Crippen LogP contribution in [0, 0.1) is 5.92 Å². The Morgan fingerprint density at radius 1 is 1.20 bits per heavy atom. The molecule has 2 aromatic carbocycles. The summed E-state index contributed by atoms with van der Waals surface area (Å²) in [7, 11) is 1.67. The highest BCUT2D eigenvalue weighted by Crippen LogP contribution is 2.53. The van der Waals surface area contributed by atoms with Crippen LogP contribution >= 0.6 is 0 Å². The second-order valence-corrected chi connectivity index (χ2v) is 5.49. The van der Waals surface area contributed by atoms with E-state index < -0.39 is 0 Å². The lowest BCUT2D eigenvalue weighted by molar-refractivity contribution is 0.0935. The van der Waals surface area contributed by atoms with Crippen LogP contribution in [0.1, 0.15) is 33.0 Å². The Kier molecular flexibility index (Phi) is 2.22. The standard InChI is InChI=1S/C17H15NO2/c1-20-14-7-6-13(18)11-8-12-15(16(11)14)9-4-2-3-5-10(9)17(12)19/h2-7,12,15H,8,18H2,1H3. The van der Waals surface area contributed by atoms with Crippen LogP contribution in [-0.4, -0.2) is 12.9 Å². The van der Waals surface area contributed by atoms with Gasteiger partial charge in [-0.1, -0.05) is 24.3 Å². The number of ketones is 1. The third kappa shape index (κ3) is 1.27. The van der Waals surface area contributed by atoms with Crippen LogP contribution in [0.3, 0.4) is 0 Å². The average molecular weight is 265 g/mol. The number of methoxy groups -OCH3 is 1. The van der Waals surface area contributed by atoms with Crippen molar-refractivity contribution >= 4 is 11.5 Å². The predicted molar refractivity (Wildman–Crippen MR) is 77.2 cm³/mol. The van der Waals surface area contributed by atoms with Gasteiger partial charge in [0, 0.05) is 28.7 Å². The van der Waals surface area contributed by atoms with Gasteiger partial charge in [-0.2, -0.15) is 0 Å². The molecule has 3 nitrogen and oxygen atoms in total. The number of fused-ring (bicyclic) bond motifs is 5. The van der Waals surface area contributed by atoms with Crippen molar-refractivity contribution in [2.24, 2.45) is 5.92 Å². The molecule has 0 fully saturated rings. The highest BCUT2D eigenvalue weighted by atomic mass is 16.5. The predicted octanol–water partition coefficient (Wildman–Crippen LogP) is 2.78. The number of Topliss-reactive ketones (excluding diaryl/α,β-unsaturated/α-hetero) is 1. The summed E-state index contributed by atoms with van der Waals surface area (Å²) in [6.45, 7) is 0. The number of rotatable bonds is 1. The number of hydrogen-bond acceptors (Lipinski definition) is 3. The Balaban J connectivity index is 2.00. The van der Waals surface area contributed by atoms with Crippen LogP contribution in [0.5, 0.6) is 5.75 Å². The third-order valence-corrected chi connectivity index (χ3v) is 4.61. The van der Waals surface area contributed by atoms with Crippen molar-refractivity contribution in [1.82, 2.24) is 0 Å². The molecular weight excluding hydrogens is 250 g/mol. The molecule has 4 rings (SSSR count). The SMILES string of the molecule is COc1ccc(N)c2c1C1c3ccccc3C(=O)C1C2. The van der Waals surface area contributed by atoms with Crippen molar-refractivity contribution in [1.29, 1.82) is 0 Å². The second kappa shape index (κ2) is 3.85. The van der Waals surface area contributed by atoms with E-state index in [1.54, 1.807) is 7.11 Å². The Hall–Kier alpha value is -2.29. The average Bonchev–Trinajstić information content (AvgIpc) is 2.99. The van der Waals surface area contributed by atoms with Gasteiger partial charge in [-0.3, -0.25) is 4.79 Å². The Morgan fingerprint density at radius 3 is 2.80 bits per heavy atom. The Bertz CT molecular complexity index is 736. The van der Waals surface area contributed by atoms with Gasteiger partial charge in [-0.15, -0.1) is 0 Å². The number of nitrogens with two attached hydrogens (primary N) is 1. The van der Waals surface area contributed by atoms with E-state index in [4.69, 9.17) is 10.5 Å². The number of carbonyl (C=O) groups excluding carboxylic acids is 1. The maximum atomic E-state index is 12.6. The van der Waals surface area contributed by atoms with Gasteiger partial charge < -0.3 is 10.5 Å². The van der Waals surface area contributed by atoms with Crippen molar-refractivity contribution in [2.75, 3.05) is 12.8 Å². The number of hydrogen-bond donors (Lipinski definition) is 1. The summed E-state index contributed by atoms with van der Waals surface area (Å²) < 4.78 is 5.50. The van der Waals surface area contributed by atoms with Crippen LogP contribution in [0.25, 0.3) is 0 Å². The first-order chi connectivity index (χ1) is 9.72. The van der Waals surface area contributed by atoms with Crippen LogP contribution in [0.2, 0.25) is 0 Å². The molecule has 20 heavy (non-hydrogen) atoms. The molecule has 0 radical (unpaired) electrons. The van der Waals surface area contributed by atoms with E-state index in [1.807, 2.05) is 30.3 Å². The first-order valence-electron chi connectivity index (χ1n) is 6.80. The first kappa shape index (κ1) is 11.5. The van der Waals surface area contributed by atoms with Gasteiger partial charge in [0.05, 0.1) is 7.11 Å². The number of ether oxygens (including phenoxy) is 1. The molecule has 2 aromatic rings. The van der Waals surface area contributed by atoms with Crippen LogP contribution < -0.4 is 10.5 Å². The van der Waals surface area contributed by atoms with Gasteiger partial charge >= 0.3 is 0 Å². The molecule has 0 spiro atoms. The molecule has 0 heterocycles. The summed E-state index contributed by atoms with van der Waals surface area (Å²) in [6, 6.07) is 11.7. The van der Waals surface area contributed by atoms with E-state index in [2.05, 4.69) is 6.07 Å². The van der Waals surface area contributed by atoms with Crippen LogP contribution in [-0.2, 0) is 6.42 Å². The van der Waals surface area contributed by atoms with E-state index in [9.17, 15) is 4.79 Å². The van der Waals surface area contributed by atoms with E-state index in [-0.39, 0.29) is 17.6 Å². The van der Waals surface area contributed by atoms with E-state index in [0.717, 1.165) is 40.1 Å². The topological polar surface area (TPSA) is 52.3 Å². The zero-order valence-corrected chi connectivity index (χ0v) is 11.2. The zero-order valence-electron chi connectivity index (χ0n) is 11.2. The quantitative estimate of drug-likeness (QED) is 0.807. The molecule has 2 aliphatic rings. The van der Waals surface area contributed by atoms with Gasteiger partial charge in [-0.05, 0) is 29.7 Å². The number of benzene rings is 2. The molecule has 0 amide bonds. The fraction of sp³-hybridized carbons (Fsp3) is 0.235. The highest BCUT2D eigenvalue weighted by molar-refractivity contribution is 6.05. The molecule has 0 aromatic heterocycles.